The number of carbonyl (C=O) groups excluding carboxylic acids is 1. The Balaban J connectivity index is 1.64. The molecular weight excluding hydrogens is 334 g/mol. The summed E-state index contributed by atoms with van der Waals surface area (Å²) >= 11 is 1.34. The third kappa shape index (κ3) is 3.85. The number of hydrogen-bond acceptors (Lipinski definition) is 5. The highest BCUT2D eigenvalue weighted by atomic mass is 32.2. The number of nitrogens with one attached hydrogen (secondary N) is 1. The first-order valence-corrected chi connectivity index (χ1v) is 9.33. The monoisotopic (exact) mass is 355 g/mol. The van der Waals surface area contributed by atoms with E-state index in [1.54, 1.807) is 0 Å². The quantitative estimate of drug-likeness (QED) is 0.834. The maximum absolute atomic E-state index is 12.2. The molecule has 1 amide bonds. The van der Waals surface area contributed by atoms with Crippen LogP contribution in [0.15, 0.2) is 29.4 Å². The van der Waals surface area contributed by atoms with Crippen molar-refractivity contribution in [2.45, 2.75) is 43.3 Å². The highest BCUT2D eigenvalue weighted by molar-refractivity contribution is 7.99. The van der Waals surface area contributed by atoms with E-state index in [0.29, 0.717) is 5.16 Å². The molecule has 0 atom stereocenters. The number of rotatable bonds is 5. The van der Waals surface area contributed by atoms with Crippen LogP contribution in [0.3, 0.4) is 0 Å². The number of aromatic nitrogens is 3. The Labute approximate surface area is 151 Å². The lowest BCUT2D eigenvalue weighted by atomic mass is 10.0. The number of amides is 1. The molecule has 0 unspecified atom stereocenters. The Kier molecular flexibility index (Phi) is 5.09. The van der Waals surface area contributed by atoms with Crippen LogP contribution in [0.5, 0.6) is 0 Å². The molecule has 0 bridgehead atoms. The van der Waals surface area contributed by atoms with Gasteiger partial charge in [-0.05, 0) is 38.7 Å². The molecule has 1 heterocycles. The smallest absolute Gasteiger partial charge is 0.231 e. The van der Waals surface area contributed by atoms with E-state index in [4.69, 9.17) is 0 Å². The van der Waals surface area contributed by atoms with Gasteiger partial charge in [0.25, 0.3) is 0 Å². The summed E-state index contributed by atoms with van der Waals surface area (Å²) in [5.74, 6) is 0.868. The van der Waals surface area contributed by atoms with E-state index in [0.717, 1.165) is 42.6 Å². The summed E-state index contributed by atoms with van der Waals surface area (Å²) in [5, 5.41) is 21.4. The van der Waals surface area contributed by atoms with Crippen molar-refractivity contribution in [2.75, 3.05) is 5.75 Å². The second-order valence-electron chi connectivity index (χ2n) is 6.47. The van der Waals surface area contributed by atoms with Gasteiger partial charge in [0.15, 0.2) is 11.0 Å². The van der Waals surface area contributed by atoms with E-state index >= 15 is 0 Å². The number of thioether (sulfide) groups is 1. The fourth-order valence-corrected chi connectivity index (χ4v) is 3.86. The van der Waals surface area contributed by atoms with Crippen LogP contribution < -0.4 is 5.32 Å². The summed E-state index contributed by atoms with van der Waals surface area (Å²) in [5.41, 5.74) is 1.48. The Hall–Kier alpha value is -2.33. The van der Waals surface area contributed by atoms with Crippen LogP contribution in [0.4, 0.5) is 0 Å². The van der Waals surface area contributed by atoms with Crippen LogP contribution in [0.1, 0.15) is 31.2 Å². The van der Waals surface area contributed by atoms with Crippen molar-refractivity contribution in [3.8, 4) is 17.5 Å². The van der Waals surface area contributed by atoms with Crippen LogP contribution in [0, 0.1) is 18.3 Å². The van der Waals surface area contributed by atoms with Crippen LogP contribution in [0.2, 0.25) is 0 Å². The van der Waals surface area contributed by atoms with Gasteiger partial charge in [-0.15, -0.1) is 10.2 Å². The second kappa shape index (κ2) is 7.28. The fraction of sp³-hybridized carbons (Fsp3) is 0.444. The summed E-state index contributed by atoms with van der Waals surface area (Å²) in [7, 11) is 1.89. The molecule has 7 heteroatoms. The number of carbonyl (C=O) groups is 1. The lowest BCUT2D eigenvalue weighted by Gasteiger charge is -2.21. The number of benzene rings is 1. The van der Waals surface area contributed by atoms with E-state index in [-0.39, 0.29) is 11.7 Å². The van der Waals surface area contributed by atoms with Gasteiger partial charge in [0.1, 0.15) is 5.54 Å². The summed E-state index contributed by atoms with van der Waals surface area (Å²) in [6.45, 7) is 2.04. The van der Waals surface area contributed by atoms with Gasteiger partial charge in [0.05, 0.1) is 11.8 Å². The van der Waals surface area contributed by atoms with Gasteiger partial charge in [-0.1, -0.05) is 35.5 Å². The minimum atomic E-state index is -0.676. The number of nitrogens with zero attached hydrogens (tertiary/aromatic N) is 4. The highest BCUT2D eigenvalue weighted by Crippen LogP contribution is 2.29. The Morgan fingerprint density at radius 3 is 2.84 bits per heavy atom. The van der Waals surface area contributed by atoms with Crippen molar-refractivity contribution in [2.24, 2.45) is 7.05 Å². The molecule has 1 aromatic heterocycles. The van der Waals surface area contributed by atoms with Crippen LogP contribution in [0.25, 0.3) is 11.4 Å². The predicted octanol–water partition coefficient (Wildman–Crippen LogP) is 2.84. The van der Waals surface area contributed by atoms with E-state index in [2.05, 4.69) is 27.6 Å². The normalized spacial score (nSPS) is 15.7. The summed E-state index contributed by atoms with van der Waals surface area (Å²) in [4.78, 5) is 12.2. The van der Waals surface area contributed by atoms with Crippen molar-refractivity contribution < 1.29 is 4.79 Å². The molecule has 0 saturated heterocycles. The van der Waals surface area contributed by atoms with Gasteiger partial charge in [0.2, 0.25) is 5.91 Å². The Bertz CT molecular complexity index is 817. The molecule has 0 spiro atoms. The van der Waals surface area contributed by atoms with Gasteiger partial charge in [-0.3, -0.25) is 4.79 Å². The van der Waals surface area contributed by atoms with E-state index in [9.17, 15) is 10.1 Å². The summed E-state index contributed by atoms with van der Waals surface area (Å²) in [6.07, 6.45) is 3.46. The molecule has 0 aliphatic heterocycles. The fourth-order valence-electron chi connectivity index (χ4n) is 3.15. The first-order chi connectivity index (χ1) is 12.0. The third-order valence-electron chi connectivity index (χ3n) is 4.49. The summed E-state index contributed by atoms with van der Waals surface area (Å²) < 4.78 is 1.89. The zero-order chi connectivity index (χ0) is 17.9. The molecule has 1 aromatic carbocycles. The van der Waals surface area contributed by atoms with Crippen molar-refractivity contribution in [1.82, 2.24) is 20.1 Å². The zero-order valence-electron chi connectivity index (χ0n) is 14.5. The highest BCUT2D eigenvalue weighted by Gasteiger charge is 2.35. The van der Waals surface area contributed by atoms with Gasteiger partial charge in [0, 0.05) is 12.6 Å². The molecule has 6 nitrogen and oxygen atoms in total. The standard InChI is InChI=1S/C18H21N5OS/c1-13-6-5-7-14(10-13)16-21-22-17(23(16)2)25-11-15(24)20-18(12-19)8-3-4-9-18/h5-7,10H,3-4,8-9,11H2,1-2H3,(H,20,24). The summed E-state index contributed by atoms with van der Waals surface area (Å²) in [6, 6.07) is 10.4. The Morgan fingerprint density at radius 2 is 2.16 bits per heavy atom. The molecule has 25 heavy (non-hydrogen) atoms. The average Bonchev–Trinajstić information content (AvgIpc) is 3.20. The zero-order valence-corrected chi connectivity index (χ0v) is 15.3. The van der Waals surface area contributed by atoms with Crippen molar-refractivity contribution >= 4 is 17.7 Å². The van der Waals surface area contributed by atoms with E-state index < -0.39 is 5.54 Å². The number of hydrogen-bond donors (Lipinski definition) is 1. The minimum Gasteiger partial charge on any atom is -0.337 e. The van der Waals surface area contributed by atoms with Crippen molar-refractivity contribution in [1.29, 1.82) is 5.26 Å². The number of nitriles is 1. The van der Waals surface area contributed by atoms with Crippen LogP contribution >= 0.6 is 11.8 Å². The molecule has 2 aromatic rings. The molecular formula is C18H21N5OS. The predicted molar refractivity (Wildman–Crippen MR) is 96.9 cm³/mol. The van der Waals surface area contributed by atoms with Gasteiger partial charge < -0.3 is 9.88 Å². The maximum atomic E-state index is 12.2. The van der Waals surface area contributed by atoms with Gasteiger partial charge in [-0.2, -0.15) is 5.26 Å². The van der Waals surface area contributed by atoms with Crippen molar-refractivity contribution in [3.63, 3.8) is 0 Å². The largest absolute Gasteiger partial charge is 0.337 e. The lowest BCUT2D eigenvalue weighted by molar-refractivity contribution is -0.119. The molecule has 1 aliphatic carbocycles. The lowest BCUT2D eigenvalue weighted by Crippen LogP contribution is -2.45. The van der Waals surface area contributed by atoms with Gasteiger partial charge in [-0.25, -0.2) is 0 Å². The van der Waals surface area contributed by atoms with E-state index in [1.807, 2.05) is 36.7 Å². The van der Waals surface area contributed by atoms with Crippen LogP contribution in [-0.2, 0) is 11.8 Å². The van der Waals surface area contributed by atoms with Gasteiger partial charge >= 0.3 is 0 Å². The SMILES string of the molecule is Cc1cccc(-c2nnc(SCC(=O)NC3(C#N)CCCC3)n2C)c1. The van der Waals surface area contributed by atoms with E-state index in [1.165, 1.54) is 11.8 Å². The number of aryl methyl sites for hydroxylation is 1. The van der Waals surface area contributed by atoms with Crippen molar-refractivity contribution in [3.05, 3.63) is 29.8 Å². The first kappa shape index (κ1) is 17.5. The topological polar surface area (TPSA) is 83.6 Å². The molecule has 1 aliphatic rings. The minimum absolute atomic E-state index is 0.131. The maximum Gasteiger partial charge on any atom is 0.231 e. The molecule has 0 radical (unpaired) electrons. The molecule has 1 N–H and O–H groups in total. The third-order valence-corrected chi connectivity index (χ3v) is 5.51. The average molecular weight is 355 g/mol. The molecule has 1 saturated carbocycles. The first-order valence-electron chi connectivity index (χ1n) is 8.34. The molecule has 130 valence electrons. The van der Waals surface area contributed by atoms with Crippen LogP contribution in [-0.4, -0.2) is 32.0 Å². The Morgan fingerprint density at radius 1 is 1.40 bits per heavy atom. The molecule has 3 rings (SSSR count). The molecule has 1 fully saturated rings. The second-order valence-corrected chi connectivity index (χ2v) is 7.42.